The Labute approximate surface area is 119 Å². The Bertz CT molecular complexity index is 67.1. The van der Waals surface area contributed by atoms with E-state index in [9.17, 15) is 0 Å². The van der Waals surface area contributed by atoms with Gasteiger partial charge in [-0.05, 0) is 0 Å². The third-order valence-corrected chi connectivity index (χ3v) is 0. The zero-order valence-electron chi connectivity index (χ0n) is 7.68. The van der Waals surface area contributed by atoms with Crippen LogP contribution in [0, 0.1) is 0 Å². The maximum atomic E-state index is 7.17. The van der Waals surface area contributed by atoms with Crippen molar-refractivity contribution in [2.75, 3.05) is 0 Å². The summed E-state index contributed by atoms with van der Waals surface area (Å²) in [7, 11) is -8.67. The molecule has 0 unspecified atom stereocenters. The Morgan fingerprint density at radius 1 is 0.333 bits per heavy atom. The molecular weight excluding hydrogens is 251 g/mol. The van der Waals surface area contributed by atoms with E-state index in [1.54, 1.807) is 0 Å². The van der Waals surface area contributed by atoms with Gasteiger partial charge < -0.3 is 60.3 Å². The van der Waals surface area contributed by atoms with Gasteiger partial charge in [0.15, 0.2) is 0 Å². The Morgan fingerprint density at radius 3 is 0.333 bits per heavy atom. The molecule has 0 aromatic carbocycles. The van der Waals surface area contributed by atoms with Crippen LogP contribution in [0.25, 0.3) is 0 Å². The van der Waals surface area contributed by atoms with Crippen molar-refractivity contribution in [3.8, 4) is 0 Å². The third-order valence-electron chi connectivity index (χ3n) is 0. The molecule has 0 fully saturated rings. The van der Waals surface area contributed by atoms with Gasteiger partial charge in [0.25, 0.3) is 0 Å². The molecule has 0 saturated heterocycles. The molecule has 0 aromatic rings. The number of hydrogen-bond donors (Lipinski definition) is 12. The van der Waals surface area contributed by atoms with Crippen molar-refractivity contribution in [3.63, 3.8) is 0 Å². The fourth-order valence-corrected chi connectivity index (χ4v) is 0. The average molecular weight is 266 g/mol. The standard InChI is InChI=1S/4BH3O3.Be.Li.3H/c4*2-1(3)4;;;;;/h4*2-4H;;;;;. The first-order valence-corrected chi connectivity index (χ1v) is 3.10. The SMILES string of the molecule is OB(O)O.OB(O)O.OB(O)O.OB(O)O.[BeH2].[LiH]. The van der Waals surface area contributed by atoms with Crippen molar-refractivity contribution in [1.82, 2.24) is 0 Å². The van der Waals surface area contributed by atoms with Gasteiger partial charge in [-0.3, -0.25) is 0 Å². The third kappa shape index (κ3) is 13400. The Morgan fingerprint density at radius 2 is 0.333 bits per heavy atom. The summed E-state index contributed by atoms with van der Waals surface area (Å²) in [6, 6.07) is 0. The van der Waals surface area contributed by atoms with Crippen LogP contribution in [-0.4, -0.2) is 119 Å². The number of rotatable bonds is 0. The van der Waals surface area contributed by atoms with Crippen molar-refractivity contribution in [2.24, 2.45) is 0 Å². The molecule has 0 aliphatic carbocycles. The van der Waals surface area contributed by atoms with Crippen molar-refractivity contribution in [1.29, 1.82) is 0 Å². The second kappa shape index (κ2) is 30.5. The van der Waals surface area contributed by atoms with Crippen LogP contribution in [0.3, 0.4) is 0 Å². The summed E-state index contributed by atoms with van der Waals surface area (Å²) in [5.41, 5.74) is 0. The Kier molecular flexibility index (Phi) is 61.5. The van der Waals surface area contributed by atoms with Gasteiger partial charge in [-0.2, -0.15) is 0 Å². The van der Waals surface area contributed by atoms with E-state index in [2.05, 4.69) is 0 Å². The van der Waals surface area contributed by atoms with Crippen LogP contribution in [0.15, 0.2) is 0 Å². The summed E-state index contributed by atoms with van der Waals surface area (Å²) in [6.07, 6.45) is 0. The topological polar surface area (TPSA) is 243 Å². The van der Waals surface area contributed by atoms with Gasteiger partial charge in [0, 0.05) is 0 Å². The van der Waals surface area contributed by atoms with Crippen LogP contribution in [0.5, 0.6) is 0 Å². The second-order valence-electron chi connectivity index (χ2n) is 1.39. The van der Waals surface area contributed by atoms with Crippen LogP contribution in [-0.2, 0) is 0 Å². The zero-order valence-corrected chi connectivity index (χ0v) is 7.68. The fourth-order valence-electron chi connectivity index (χ4n) is 0. The molecule has 102 valence electrons. The molecule has 0 atom stereocenters. The predicted octanol–water partition coefficient (Wildman–Crippen LogP) is -9.77. The molecule has 0 aromatic heterocycles. The van der Waals surface area contributed by atoms with E-state index in [1.807, 2.05) is 0 Å². The quantitative estimate of drug-likeness (QED) is 0.183. The first-order valence-electron chi connectivity index (χ1n) is 3.10. The van der Waals surface area contributed by atoms with Crippen LogP contribution in [0.2, 0.25) is 0 Å². The molecule has 0 saturated carbocycles. The minimum atomic E-state index is -2.17. The maximum absolute atomic E-state index is 7.17. The monoisotopic (exact) mass is 267 g/mol. The summed E-state index contributed by atoms with van der Waals surface area (Å²) in [5.74, 6) is 0. The normalized spacial score (nSPS) is 6.00. The summed E-state index contributed by atoms with van der Waals surface area (Å²) in [6.45, 7) is 0. The Hall–Kier alpha value is 0.546. The molecule has 0 radical (unpaired) electrons. The molecule has 18 heavy (non-hydrogen) atoms. The summed E-state index contributed by atoms with van der Waals surface area (Å²) >= 11 is 0. The van der Waals surface area contributed by atoms with Gasteiger partial charge in [-0.15, -0.1) is 0 Å². The fraction of sp³-hybridized carbons (Fsp3) is 0. The van der Waals surface area contributed by atoms with E-state index >= 15 is 0 Å². The van der Waals surface area contributed by atoms with Crippen molar-refractivity contribution in [3.05, 3.63) is 0 Å². The molecule has 0 amide bonds. The minimum absolute atomic E-state index is 0. The van der Waals surface area contributed by atoms with E-state index in [0.29, 0.717) is 0 Å². The molecule has 0 spiro atoms. The molecule has 0 rings (SSSR count). The van der Waals surface area contributed by atoms with E-state index < -0.39 is 29.3 Å². The van der Waals surface area contributed by atoms with Gasteiger partial charge in [-0.1, -0.05) is 0 Å². The van der Waals surface area contributed by atoms with E-state index in [-0.39, 0.29) is 29.0 Å². The summed E-state index contributed by atoms with van der Waals surface area (Å²) < 4.78 is 0. The number of hydrogen-bond acceptors (Lipinski definition) is 12. The second-order valence-corrected chi connectivity index (χ2v) is 1.39. The van der Waals surface area contributed by atoms with Crippen LogP contribution < -0.4 is 0 Å². The van der Waals surface area contributed by atoms with Gasteiger partial charge in [0.1, 0.15) is 0 Å². The van der Waals surface area contributed by atoms with Gasteiger partial charge >= 0.3 is 58.3 Å². The van der Waals surface area contributed by atoms with Crippen LogP contribution >= 0.6 is 0 Å². The van der Waals surface area contributed by atoms with E-state index in [0.717, 1.165) is 0 Å². The predicted molar refractivity (Wildman–Crippen MR) is 65.3 cm³/mol. The van der Waals surface area contributed by atoms with Gasteiger partial charge in [-0.25, -0.2) is 0 Å². The van der Waals surface area contributed by atoms with Crippen LogP contribution in [0.1, 0.15) is 0 Å². The van der Waals surface area contributed by atoms with E-state index in [4.69, 9.17) is 60.3 Å². The molecule has 0 heterocycles. The van der Waals surface area contributed by atoms with Crippen molar-refractivity contribution in [2.45, 2.75) is 0 Å². The zero-order chi connectivity index (χ0) is 14.3. The van der Waals surface area contributed by atoms with Crippen LogP contribution in [0.4, 0.5) is 0 Å². The van der Waals surface area contributed by atoms with Crippen molar-refractivity contribution >= 4 is 58.3 Å². The average Bonchev–Trinajstić information content (AvgIpc) is 1.76. The van der Waals surface area contributed by atoms with E-state index in [1.165, 1.54) is 0 Å². The molecule has 0 bridgehead atoms. The first-order chi connectivity index (χ1) is 6.93. The molecule has 12 nitrogen and oxygen atoms in total. The Balaban J connectivity index is -0.0000000257. The molecule has 18 heteroatoms. The first kappa shape index (κ1) is 36.3. The van der Waals surface area contributed by atoms with Gasteiger partial charge in [0.05, 0.1) is 0 Å². The van der Waals surface area contributed by atoms with Crippen molar-refractivity contribution < 1.29 is 60.3 Å². The molecular formula is H15B4BeLiO12. The van der Waals surface area contributed by atoms with Gasteiger partial charge in [0.2, 0.25) is 0 Å². The summed E-state index contributed by atoms with van der Waals surface area (Å²) in [4.78, 5) is 0. The molecule has 12 N–H and O–H groups in total. The molecule has 0 aliphatic heterocycles. The molecule has 0 aliphatic rings. The summed E-state index contributed by atoms with van der Waals surface area (Å²) in [5, 5.41) is 86.0.